The van der Waals surface area contributed by atoms with Crippen molar-refractivity contribution in [3.05, 3.63) is 62.0 Å². The van der Waals surface area contributed by atoms with E-state index in [1.54, 1.807) is 21.3 Å². The zero-order chi connectivity index (χ0) is 31.9. The van der Waals surface area contributed by atoms with Gasteiger partial charge in [0, 0.05) is 14.1 Å². The van der Waals surface area contributed by atoms with Crippen LogP contribution in [0.25, 0.3) is 0 Å². The van der Waals surface area contributed by atoms with Crippen LogP contribution in [-0.2, 0) is 16.2 Å². The molecular formula is C35H48Br2N2O3. The molecule has 0 atom stereocenters. The molecule has 0 aromatic heterocycles. The summed E-state index contributed by atoms with van der Waals surface area (Å²) >= 11 is 7.55. The van der Waals surface area contributed by atoms with E-state index in [9.17, 15) is 0 Å². The lowest BCUT2D eigenvalue weighted by molar-refractivity contribution is 0.409. The van der Waals surface area contributed by atoms with Crippen molar-refractivity contribution in [1.29, 1.82) is 0 Å². The van der Waals surface area contributed by atoms with E-state index in [1.807, 2.05) is 0 Å². The molecule has 0 aliphatic heterocycles. The number of anilines is 4. The van der Waals surface area contributed by atoms with Crippen molar-refractivity contribution in [2.75, 3.05) is 45.2 Å². The fraction of sp³-hybridized carbons (Fsp3) is 0.486. The van der Waals surface area contributed by atoms with E-state index in [0.717, 1.165) is 48.9 Å². The summed E-state index contributed by atoms with van der Waals surface area (Å²) in [5.41, 5.74) is 7.15. The van der Waals surface area contributed by atoms with Crippen molar-refractivity contribution in [2.45, 2.75) is 78.6 Å². The zero-order valence-corrected chi connectivity index (χ0v) is 31.0. The Morgan fingerprint density at radius 3 is 0.929 bits per heavy atom. The summed E-state index contributed by atoms with van der Waals surface area (Å²) in [5.74, 6) is 2.30. The average Bonchev–Trinajstić information content (AvgIpc) is 2.88. The topological polar surface area (TPSA) is 34.2 Å². The summed E-state index contributed by atoms with van der Waals surface area (Å²) in [7, 11) is 9.30. The van der Waals surface area contributed by atoms with E-state index in [1.165, 1.54) is 16.7 Å². The largest absolute Gasteiger partial charge is 0.493 e. The lowest BCUT2D eigenvalue weighted by Crippen LogP contribution is -2.21. The Kier molecular flexibility index (Phi) is 10.0. The molecule has 0 radical (unpaired) electrons. The van der Waals surface area contributed by atoms with Crippen LogP contribution in [0.15, 0.2) is 45.3 Å². The first-order valence-corrected chi connectivity index (χ1v) is 15.8. The molecule has 0 saturated heterocycles. The van der Waals surface area contributed by atoms with Crippen LogP contribution in [0.1, 0.15) is 79.0 Å². The summed E-state index contributed by atoms with van der Waals surface area (Å²) in [5, 5.41) is 0. The molecule has 0 aliphatic carbocycles. The molecule has 3 aromatic carbocycles. The third-order valence-electron chi connectivity index (χ3n) is 7.75. The fourth-order valence-corrected chi connectivity index (χ4v) is 6.15. The summed E-state index contributed by atoms with van der Waals surface area (Å²) < 4.78 is 19.9. The van der Waals surface area contributed by atoms with Gasteiger partial charge in [0.05, 0.1) is 53.0 Å². The van der Waals surface area contributed by atoms with E-state index in [0.29, 0.717) is 0 Å². The first-order chi connectivity index (χ1) is 19.3. The Morgan fingerprint density at radius 2 is 0.690 bits per heavy atom. The summed E-state index contributed by atoms with van der Waals surface area (Å²) in [6.07, 6.45) is 0. The Labute approximate surface area is 270 Å². The van der Waals surface area contributed by atoms with Crippen molar-refractivity contribution in [3.63, 3.8) is 0 Å². The van der Waals surface area contributed by atoms with Crippen LogP contribution < -0.4 is 24.0 Å². The lowest BCUT2D eigenvalue weighted by Gasteiger charge is -2.33. The molecule has 3 aromatic rings. The van der Waals surface area contributed by atoms with Crippen molar-refractivity contribution >= 4 is 54.6 Å². The van der Waals surface area contributed by atoms with Gasteiger partial charge in [-0.25, -0.2) is 0 Å². The van der Waals surface area contributed by atoms with Crippen LogP contribution in [0, 0.1) is 0 Å². The Hall–Kier alpha value is -2.38. The Bertz CT molecular complexity index is 1350. The highest BCUT2D eigenvalue weighted by Gasteiger charge is 2.29. The number of hydrogen-bond acceptors (Lipinski definition) is 5. The normalized spacial score (nSPS) is 12.3. The molecule has 0 bridgehead atoms. The molecule has 0 fully saturated rings. The van der Waals surface area contributed by atoms with E-state index in [4.69, 9.17) is 14.2 Å². The van der Waals surface area contributed by atoms with Gasteiger partial charge >= 0.3 is 0 Å². The smallest absolute Gasteiger partial charge is 0.166 e. The van der Waals surface area contributed by atoms with Gasteiger partial charge in [0.15, 0.2) is 17.2 Å². The van der Waals surface area contributed by atoms with E-state index in [-0.39, 0.29) is 16.2 Å². The molecule has 230 valence electrons. The molecule has 3 rings (SSSR count). The second kappa shape index (κ2) is 12.3. The van der Waals surface area contributed by atoms with E-state index >= 15 is 0 Å². The Balaban J connectivity index is 2.40. The molecule has 0 unspecified atom stereocenters. The maximum atomic E-state index is 6.24. The summed E-state index contributed by atoms with van der Waals surface area (Å²) in [6.45, 7) is 20.0. The third-order valence-corrected chi connectivity index (χ3v) is 8.93. The highest BCUT2D eigenvalue weighted by atomic mass is 79.9. The van der Waals surface area contributed by atoms with Gasteiger partial charge in [0.1, 0.15) is 0 Å². The molecule has 5 nitrogen and oxygen atoms in total. The predicted molar refractivity (Wildman–Crippen MR) is 187 cm³/mol. The minimum atomic E-state index is -0.118. The molecule has 7 heteroatoms. The van der Waals surface area contributed by atoms with Gasteiger partial charge in [0.2, 0.25) is 0 Å². The second-order valence-corrected chi connectivity index (χ2v) is 15.6. The summed E-state index contributed by atoms with van der Waals surface area (Å²) in [6, 6.07) is 13.2. The quantitative estimate of drug-likeness (QED) is 0.245. The van der Waals surface area contributed by atoms with Crippen molar-refractivity contribution in [3.8, 4) is 17.2 Å². The highest BCUT2D eigenvalue weighted by Crippen LogP contribution is 2.50. The standard InChI is InChI=1S/C35H48Br2N2O3/c1-33(2,3)21-15-24(36)30(40-12)26(17-21)38(10)28-19-23(35(7,8)9)20-29(32(28)42-14)39(11)27-18-22(34(4,5)6)16-25(37)31(27)41-13/h15-20H,1-14H3. The van der Waals surface area contributed by atoms with Crippen molar-refractivity contribution in [1.82, 2.24) is 0 Å². The second-order valence-electron chi connectivity index (χ2n) is 13.9. The van der Waals surface area contributed by atoms with Crippen LogP contribution in [0.2, 0.25) is 0 Å². The average molecular weight is 705 g/mol. The van der Waals surface area contributed by atoms with Gasteiger partial charge in [-0.3, -0.25) is 0 Å². The van der Waals surface area contributed by atoms with Gasteiger partial charge in [-0.15, -0.1) is 0 Å². The van der Waals surface area contributed by atoms with Crippen LogP contribution in [-0.4, -0.2) is 35.4 Å². The first-order valence-electron chi connectivity index (χ1n) is 14.2. The minimum absolute atomic E-state index is 0.0465. The first kappa shape index (κ1) is 34.1. The molecule has 0 heterocycles. The maximum Gasteiger partial charge on any atom is 0.166 e. The number of benzene rings is 3. The molecule has 0 amide bonds. The molecule has 42 heavy (non-hydrogen) atoms. The number of rotatable bonds is 7. The monoisotopic (exact) mass is 702 g/mol. The van der Waals surface area contributed by atoms with Crippen LogP contribution in [0.5, 0.6) is 17.2 Å². The van der Waals surface area contributed by atoms with Gasteiger partial charge < -0.3 is 24.0 Å². The lowest BCUT2D eigenvalue weighted by atomic mass is 9.85. The number of nitrogens with zero attached hydrogens (tertiary/aromatic N) is 2. The van der Waals surface area contributed by atoms with Gasteiger partial charge in [0.25, 0.3) is 0 Å². The SMILES string of the molecule is COc1c(Br)cc(C(C)(C)C)cc1N(C)c1cc(C(C)(C)C)cc(N(C)c2cc(C(C)(C)C)cc(Br)c2OC)c1OC. The minimum Gasteiger partial charge on any atom is -0.493 e. The van der Waals surface area contributed by atoms with Crippen LogP contribution in [0.4, 0.5) is 22.7 Å². The van der Waals surface area contributed by atoms with Gasteiger partial charge in [-0.2, -0.15) is 0 Å². The van der Waals surface area contributed by atoms with Crippen LogP contribution >= 0.6 is 31.9 Å². The number of methoxy groups -OCH3 is 3. The van der Waals surface area contributed by atoms with Crippen LogP contribution in [0.3, 0.4) is 0 Å². The molecular weight excluding hydrogens is 656 g/mol. The molecule has 0 aliphatic rings. The van der Waals surface area contributed by atoms with E-state index < -0.39 is 0 Å². The fourth-order valence-electron chi connectivity index (χ4n) is 4.92. The zero-order valence-electron chi connectivity index (χ0n) is 27.8. The highest BCUT2D eigenvalue weighted by molar-refractivity contribution is 9.11. The molecule has 0 saturated carbocycles. The Morgan fingerprint density at radius 1 is 0.452 bits per heavy atom. The van der Waals surface area contributed by atoms with Gasteiger partial charge in [-0.05, 0) is 101 Å². The van der Waals surface area contributed by atoms with Gasteiger partial charge in [-0.1, -0.05) is 62.3 Å². The number of hydrogen-bond donors (Lipinski definition) is 0. The maximum absolute atomic E-state index is 6.24. The van der Waals surface area contributed by atoms with Crippen molar-refractivity contribution in [2.24, 2.45) is 0 Å². The summed E-state index contributed by atoms with van der Waals surface area (Å²) in [4.78, 5) is 4.34. The predicted octanol–water partition coefficient (Wildman–Crippen LogP) is 10.7. The van der Waals surface area contributed by atoms with E-state index in [2.05, 4.69) is 154 Å². The number of ether oxygens (including phenoxy) is 3. The van der Waals surface area contributed by atoms with Crippen molar-refractivity contribution < 1.29 is 14.2 Å². The third kappa shape index (κ3) is 6.88. The number of halogens is 2. The molecule has 0 spiro atoms. The molecule has 0 N–H and O–H groups in total.